The first kappa shape index (κ1) is 27.6. The van der Waals surface area contributed by atoms with Crippen LogP contribution in [0.25, 0.3) is 5.65 Å². The van der Waals surface area contributed by atoms with E-state index in [1.807, 2.05) is 0 Å². The van der Waals surface area contributed by atoms with Gasteiger partial charge in [-0.1, -0.05) is 5.16 Å². The maximum absolute atomic E-state index is 14.0. The molecule has 0 aromatic carbocycles. The molecule has 3 fully saturated rings. The highest BCUT2D eigenvalue weighted by atomic mass is 19.3. The Morgan fingerprint density at radius 3 is 2.44 bits per heavy atom. The Balaban J connectivity index is 1.26. The third-order valence-electron chi connectivity index (χ3n) is 8.25. The number of halogens is 4. The molecule has 0 spiro atoms. The van der Waals surface area contributed by atoms with Crippen LogP contribution in [0.1, 0.15) is 110 Å². The third-order valence-corrected chi connectivity index (χ3v) is 8.25. The van der Waals surface area contributed by atoms with Gasteiger partial charge in [0.15, 0.2) is 11.3 Å². The molecule has 41 heavy (non-hydrogen) atoms. The van der Waals surface area contributed by atoms with Gasteiger partial charge in [-0.2, -0.15) is 5.10 Å². The molecular formula is C27H31F4N7O3. The van der Waals surface area contributed by atoms with Crippen LogP contribution >= 0.6 is 0 Å². The van der Waals surface area contributed by atoms with Gasteiger partial charge in [0, 0.05) is 31.6 Å². The number of nitrogens with zero attached hydrogens (tertiary/aromatic N) is 5. The van der Waals surface area contributed by atoms with E-state index in [1.165, 1.54) is 4.52 Å². The van der Waals surface area contributed by atoms with E-state index in [4.69, 9.17) is 9.61 Å². The van der Waals surface area contributed by atoms with Crippen LogP contribution in [-0.4, -0.2) is 49.1 Å². The van der Waals surface area contributed by atoms with Crippen molar-refractivity contribution in [2.45, 2.75) is 94.6 Å². The molecule has 14 heteroatoms. The number of aromatic nitrogens is 5. The molecule has 2 atom stereocenters. The van der Waals surface area contributed by atoms with Gasteiger partial charge < -0.3 is 10.6 Å². The molecule has 3 saturated carbocycles. The minimum absolute atomic E-state index is 0.0951. The van der Waals surface area contributed by atoms with Gasteiger partial charge in [0.1, 0.15) is 5.69 Å². The van der Waals surface area contributed by atoms with E-state index >= 15 is 0 Å². The Bertz CT molecular complexity index is 1410. The normalized spacial score (nSPS) is 20.7. The lowest BCUT2D eigenvalue weighted by Crippen LogP contribution is -2.37. The van der Waals surface area contributed by atoms with Crippen LogP contribution in [-0.2, 0) is 4.79 Å². The summed E-state index contributed by atoms with van der Waals surface area (Å²) in [5, 5.41) is 18.0. The Hall–Kier alpha value is -3.58. The molecule has 3 aromatic rings. The summed E-state index contributed by atoms with van der Waals surface area (Å²) < 4.78 is 59.5. The summed E-state index contributed by atoms with van der Waals surface area (Å²) in [7, 11) is 0. The number of alkyl halides is 4. The summed E-state index contributed by atoms with van der Waals surface area (Å²) >= 11 is 0. The molecule has 3 aliphatic rings. The van der Waals surface area contributed by atoms with Gasteiger partial charge >= 0.3 is 0 Å². The van der Waals surface area contributed by atoms with E-state index in [-0.39, 0.29) is 61.6 Å². The molecule has 3 aromatic heterocycles. The van der Waals surface area contributed by atoms with Gasteiger partial charge in [0.25, 0.3) is 5.91 Å². The topological polar surface area (TPSA) is 127 Å². The molecule has 220 valence electrons. The average Bonchev–Trinajstić information content (AvgIpc) is 3.87. The number of rotatable bonds is 11. The lowest BCUT2D eigenvalue weighted by molar-refractivity contribution is -0.122. The second-order valence-corrected chi connectivity index (χ2v) is 11.5. The first-order chi connectivity index (χ1) is 19.7. The first-order valence-electron chi connectivity index (χ1n) is 14.1. The monoisotopic (exact) mass is 577 g/mol. The fraction of sp³-hybridized carbons (Fsp3) is 0.630. The van der Waals surface area contributed by atoms with Crippen molar-refractivity contribution >= 4 is 17.5 Å². The van der Waals surface area contributed by atoms with E-state index in [0.717, 1.165) is 25.7 Å². The van der Waals surface area contributed by atoms with Crippen molar-refractivity contribution in [3.8, 4) is 0 Å². The largest absolute Gasteiger partial charge is 0.349 e. The Labute approximate surface area is 232 Å². The number of imidazole rings is 1. The lowest BCUT2D eigenvalue weighted by atomic mass is 9.81. The SMILES string of the molecule is O=C(CCC(F)F)NC(c1cnn2cc([C@@H](NC(=O)c3nonc3C3CC3)C3CCC(F)(F)CC3)nc2c1)C1CC1. The fourth-order valence-corrected chi connectivity index (χ4v) is 5.63. The average molecular weight is 578 g/mol. The van der Waals surface area contributed by atoms with E-state index < -0.39 is 36.6 Å². The van der Waals surface area contributed by atoms with Crippen molar-refractivity contribution in [3.63, 3.8) is 0 Å². The summed E-state index contributed by atoms with van der Waals surface area (Å²) in [6, 6.07) is 0.711. The highest BCUT2D eigenvalue weighted by molar-refractivity contribution is 5.93. The summed E-state index contributed by atoms with van der Waals surface area (Å²) in [5.41, 5.74) is 2.21. The third kappa shape index (κ3) is 6.35. The van der Waals surface area contributed by atoms with Crippen LogP contribution in [0.2, 0.25) is 0 Å². The van der Waals surface area contributed by atoms with Crippen molar-refractivity contribution in [1.29, 1.82) is 0 Å². The standard InChI is InChI=1S/C27H31F4N7O3/c28-19(29)5-6-21(39)34-22(14-1-2-14)17-11-20-33-18(13-38(20)32-12-17)23(16-7-9-27(30,31)10-8-16)35-26(40)25-24(15-3-4-15)36-41-37-25/h11-16,19,22-23H,1-10H2,(H,34,39)(H,35,40)/t22?,23-/m0/s1. The number of hydrogen-bond acceptors (Lipinski definition) is 7. The van der Waals surface area contributed by atoms with Crippen LogP contribution in [0.15, 0.2) is 23.1 Å². The zero-order valence-corrected chi connectivity index (χ0v) is 22.2. The van der Waals surface area contributed by atoms with Crippen LogP contribution < -0.4 is 10.6 Å². The number of hydrogen-bond donors (Lipinski definition) is 2. The number of nitrogens with one attached hydrogen (secondary N) is 2. The highest BCUT2D eigenvalue weighted by Crippen LogP contribution is 2.43. The molecule has 10 nitrogen and oxygen atoms in total. The van der Waals surface area contributed by atoms with E-state index in [1.54, 1.807) is 18.5 Å². The number of amides is 2. The Morgan fingerprint density at radius 1 is 1.02 bits per heavy atom. The zero-order valence-electron chi connectivity index (χ0n) is 22.2. The van der Waals surface area contributed by atoms with Crippen LogP contribution in [0.4, 0.5) is 17.6 Å². The second kappa shape index (κ2) is 11.0. The van der Waals surface area contributed by atoms with Crippen LogP contribution in [0, 0.1) is 11.8 Å². The molecule has 6 rings (SSSR count). The molecule has 3 heterocycles. The van der Waals surface area contributed by atoms with Crippen LogP contribution in [0.5, 0.6) is 0 Å². The number of carbonyl (C=O) groups excluding carboxylic acids is 2. The first-order valence-corrected chi connectivity index (χ1v) is 14.1. The molecule has 0 radical (unpaired) electrons. The van der Waals surface area contributed by atoms with Gasteiger partial charge in [-0.25, -0.2) is 31.7 Å². The van der Waals surface area contributed by atoms with Crippen molar-refractivity contribution in [3.05, 3.63) is 41.1 Å². The van der Waals surface area contributed by atoms with Gasteiger partial charge in [-0.3, -0.25) is 9.59 Å². The van der Waals surface area contributed by atoms with Crippen molar-refractivity contribution in [2.75, 3.05) is 0 Å². The van der Waals surface area contributed by atoms with Gasteiger partial charge in [0.2, 0.25) is 18.3 Å². The minimum atomic E-state index is -2.74. The van der Waals surface area contributed by atoms with Crippen molar-refractivity contribution < 1.29 is 31.8 Å². The molecular weight excluding hydrogens is 546 g/mol. The highest BCUT2D eigenvalue weighted by Gasteiger charge is 2.41. The molecule has 0 aliphatic heterocycles. The van der Waals surface area contributed by atoms with Gasteiger partial charge in [0.05, 0.1) is 30.2 Å². The second-order valence-electron chi connectivity index (χ2n) is 11.5. The Kier molecular flexibility index (Phi) is 7.41. The lowest BCUT2D eigenvalue weighted by Gasteiger charge is -2.33. The predicted octanol–water partition coefficient (Wildman–Crippen LogP) is 4.90. The number of fused-ring (bicyclic) bond motifs is 1. The summed E-state index contributed by atoms with van der Waals surface area (Å²) in [6.07, 6.45) is 3.35. The van der Waals surface area contributed by atoms with Crippen LogP contribution in [0.3, 0.4) is 0 Å². The summed E-state index contributed by atoms with van der Waals surface area (Å²) in [5.74, 6) is -3.68. The van der Waals surface area contributed by atoms with Gasteiger partial charge in [-0.15, -0.1) is 0 Å². The van der Waals surface area contributed by atoms with Crippen molar-refractivity contribution in [2.24, 2.45) is 11.8 Å². The Morgan fingerprint density at radius 2 is 1.76 bits per heavy atom. The van der Waals surface area contributed by atoms with E-state index in [9.17, 15) is 27.2 Å². The molecule has 3 aliphatic carbocycles. The maximum atomic E-state index is 14.0. The molecule has 0 saturated heterocycles. The smallest absolute Gasteiger partial charge is 0.276 e. The van der Waals surface area contributed by atoms with E-state index in [0.29, 0.717) is 22.6 Å². The number of carbonyl (C=O) groups is 2. The molecule has 2 N–H and O–H groups in total. The minimum Gasteiger partial charge on any atom is -0.349 e. The maximum Gasteiger partial charge on any atom is 0.276 e. The van der Waals surface area contributed by atoms with E-state index in [2.05, 4.69) is 26.0 Å². The zero-order chi connectivity index (χ0) is 28.7. The molecule has 2 amide bonds. The predicted molar refractivity (Wildman–Crippen MR) is 135 cm³/mol. The summed E-state index contributed by atoms with van der Waals surface area (Å²) in [6.45, 7) is 0. The van der Waals surface area contributed by atoms with Crippen molar-refractivity contribution in [1.82, 2.24) is 35.5 Å². The summed E-state index contributed by atoms with van der Waals surface area (Å²) in [4.78, 5) is 30.3. The fourth-order valence-electron chi connectivity index (χ4n) is 5.63. The molecule has 1 unspecified atom stereocenters. The molecule has 0 bridgehead atoms. The van der Waals surface area contributed by atoms with Gasteiger partial charge in [-0.05, 0) is 67.1 Å². The quantitative estimate of drug-likeness (QED) is 0.311.